The summed E-state index contributed by atoms with van der Waals surface area (Å²) in [5.74, 6) is 0.343. The van der Waals surface area contributed by atoms with Crippen molar-refractivity contribution in [3.63, 3.8) is 0 Å². The number of aromatic nitrogens is 2. The summed E-state index contributed by atoms with van der Waals surface area (Å²) in [6.45, 7) is 1.27. The number of nitrogens with zero attached hydrogens (tertiary/aromatic N) is 1. The van der Waals surface area contributed by atoms with E-state index in [9.17, 15) is 4.79 Å². The van der Waals surface area contributed by atoms with Crippen LogP contribution in [0.3, 0.4) is 0 Å². The van der Waals surface area contributed by atoms with Gasteiger partial charge in [-0.15, -0.1) is 0 Å². The zero-order valence-electron chi connectivity index (χ0n) is 16.8. The van der Waals surface area contributed by atoms with Crippen molar-refractivity contribution in [2.75, 3.05) is 20.3 Å². The molecule has 1 amide bonds. The van der Waals surface area contributed by atoms with E-state index in [0.717, 1.165) is 47.0 Å². The fourth-order valence-electron chi connectivity index (χ4n) is 4.05. The Morgan fingerprint density at radius 1 is 1.20 bits per heavy atom. The molecule has 5 rings (SSSR count). The Morgan fingerprint density at radius 2 is 2.07 bits per heavy atom. The van der Waals surface area contributed by atoms with E-state index in [4.69, 9.17) is 9.47 Å². The van der Waals surface area contributed by atoms with Gasteiger partial charge in [-0.05, 0) is 35.7 Å². The number of rotatable bonds is 5. The Bertz CT molecular complexity index is 1230. The zero-order chi connectivity index (χ0) is 20.5. The topological polar surface area (TPSA) is 76.2 Å². The number of amides is 1. The number of fused-ring (bicyclic) bond motifs is 2. The first-order valence-corrected chi connectivity index (χ1v) is 10.2. The predicted molar refractivity (Wildman–Crippen MR) is 117 cm³/mol. The normalized spacial score (nSPS) is 16.2. The van der Waals surface area contributed by atoms with Crippen LogP contribution in [0.15, 0.2) is 54.6 Å². The quantitative estimate of drug-likeness (QED) is 0.523. The third kappa shape index (κ3) is 3.39. The summed E-state index contributed by atoms with van der Waals surface area (Å²) in [4.78, 5) is 12.9. The van der Waals surface area contributed by atoms with Crippen LogP contribution >= 0.6 is 0 Å². The molecule has 1 unspecified atom stereocenters. The molecule has 1 saturated heterocycles. The van der Waals surface area contributed by atoms with Crippen molar-refractivity contribution in [3.8, 4) is 17.0 Å². The highest BCUT2D eigenvalue weighted by molar-refractivity contribution is 6.04. The molecule has 0 aliphatic carbocycles. The lowest BCUT2D eigenvalue weighted by Gasteiger charge is -2.13. The van der Waals surface area contributed by atoms with E-state index in [-0.39, 0.29) is 12.0 Å². The number of aromatic amines is 1. The molecular weight excluding hydrogens is 378 g/mol. The summed E-state index contributed by atoms with van der Waals surface area (Å²) < 4.78 is 11.1. The highest BCUT2D eigenvalue weighted by Gasteiger charge is 2.20. The van der Waals surface area contributed by atoms with Gasteiger partial charge in [0, 0.05) is 30.2 Å². The summed E-state index contributed by atoms with van der Waals surface area (Å²) in [5.41, 5.74) is 3.12. The number of methoxy groups -OCH3 is 1. The summed E-state index contributed by atoms with van der Waals surface area (Å²) in [5, 5.41) is 13.8. The van der Waals surface area contributed by atoms with E-state index >= 15 is 0 Å². The first-order valence-electron chi connectivity index (χ1n) is 10.2. The van der Waals surface area contributed by atoms with E-state index < -0.39 is 0 Å². The van der Waals surface area contributed by atoms with Crippen molar-refractivity contribution in [1.29, 1.82) is 0 Å². The largest absolute Gasteiger partial charge is 0.496 e. The van der Waals surface area contributed by atoms with Gasteiger partial charge in [0.15, 0.2) is 0 Å². The molecule has 0 bridgehead atoms. The second kappa shape index (κ2) is 7.80. The summed E-state index contributed by atoms with van der Waals surface area (Å²) in [7, 11) is 1.57. The van der Waals surface area contributed by atoms with Crippen LogP contribution in [0.5, 0.6) is 5.75 Å². The Kier molecular flexibility index (Phi) is 4.85. The lowest BCUT2D eigenvalue weighted by Crippen LogP contribution is -2.32. The molecule has 0 radical (unpaired) electrons. The molecule has 1 aliphatic heterocycles. The van der Waals surface area contributed by atoms with Crippen LogP contribution in [0.4, 0.5) is 0 Å². The van der Waals surface area contributed by atoms with Gasteiger partial charge in [0.25, 0.3) is 5.91 Å². The van der Waals surface area contributed by atoms with Gasteiger partial charge < -0.3 is 14.8 Å². The van der Waals surface area contributed by atoms with Crippen molar-refractivity contribution >= 4 is 27.6 Å². The molecule has 2 N–H and O–H groups in total. The van der Waals surface area contributed by atoms with Crippen molar-refractivity contribution in [2.45, 2.75) is 18.9 Å². The van der Waals surface area contributed by atoms with E-state index in [0.29, 0.717) is 17.9 Å². The van der Waals surface area contributed by atoms with Gasteiger partial charge in [0.2, 0.25) is 0 Å². The summed E-state index contributed by atoms with van der Waals surface area (Å²) in [6.07, 6.45) is 2.11. The first-order chi connectivity index (χ1) is 14.7. The van der Waals surface area contributed by atoms with Crippen LogP contribution in [-0.4, -0.2) is 42.5 Å². The van der Waals surface area contributed by atoms with Crippen LogP contribution in [0.25, 0.3) is 32.9 Å². The first kappa shape index (κ1) is 18.6. The molecule has 1 aliphatic rings. The number of hydrogen-bond donors (Lipinski definition) is 2. The number of H-pyrrole nitrogens is 1. The van der Waals surface area contributed by atoms with Crippen molar-refractivity contribution in [1.82, 2.24) is 15.5 Å². The molecule has 2 heterocycles. The van der Waals surface area contributed by atoms with Crippen LogP contribution < -0.4 is 10.1 Å². The number of carbonyl (C=O) groups excluding carboxylic acids is 1. The van der Waals surface area contributed by atoms with Gasteiger partial charge in [-0.25, -0.2) is 0 Å². The number of benzene rings is 3. The SMILES string of the molecule is COc1cc2[nH]nc(-c3ccc4ccccc4c3)c2cc1C(=O)NCC1CCCO1. The molecule has 1 atom stereocenters. The molecule has 3 aromatic carbocycles. The van der Waals surface area contributed by atoms with E-state index in [2.05, 4.69) is 45.8 Å². The van der Waals surface area contributed by atoms with Gasteiger partial charge in [0.1, 0.15) is 5.75 Å². The van der Waals surface area contributed by atoms with Gasteiger partial charge >= 0.3 is 0 Å². The van der Waals surface area contributed by atoms with Gasteiger partial charge in [-0.2, -0.15) is 5.10 Å². The molecule has 4 aromatic rings. The molecular formula is C24H23N3O3. The van der Waals surface area contributed by atoms with E-state index in [1.54, 1.807) is 7.11 Å². The van der Waals surface area contributed by atoms with Crippen LogP contribution in [0.2, 0.25) is 0 Å². The maximum Gasteiger partial charge on any atom is 0.255 e. The number of ether oxygens (including phenoxy) is 2. The van der Waals surface area contributed by atoms with Crippen LogP contribution in [-0.2, 0) is 4.74 Å². The molecule has 30 heavy (non-hydrogen) atoms. The molecule has 6 nitrogen and oxygen atoms in total. The summed E-state index contributed by atoms with van der Waals surface area (Å²) >= 11 is 0. The molecule has 6 heteroatoms. The number of nitrogens with one attached hydrogen (secondary N) is 2. The van der Waals surface area contributed by atoms with E-state index in [1.165, 1.54) is 5.39 Å². The number of hydrogen-bond acceptors (Lipinski definition) is 4. The second-order valence-corrected chi connectivity index (χ2v) is 7.58. The monoisotopic (exact) mass is 401 g/mol. The average Bonchev–Trinajstić information content (AvgIpc) is 3.45. The van der Waals surface area contributed by atoms with Gasteiger partial charge in [-0.3, -0.25) is 9.89 Å². The smallest absolute Gasteiger partial charge is 0.255 e. The Hall–Kier alpha value is -3.38. The summed E-state index contributed by atoms with van der Waals surface area (Å²) in [6, 6.07) is 18.2. The third-order valence-corrected chi connectivity index (χ3v) is 5.66. The average molecular weight is 401 g/mol. The van der Waals surface area contributed by atoms with Crippen LogP contribution in [0, 0.1) is 0 Å². The second-order valence-electron chi connectivity index (χ2n) is 7.58. The van der Waals surface area contributed by atoms with Crippen LogP contribution in [0.1, 0.15) is 23.2 Å². The maximum absolute atomic E-state index is 12.9. The fourth-order valence-corrected chi connectivity index (χ4v) is 4.05. The molecule has 0 spiro atoms. The predicted octanol–water partition coefficient (Wildman–Crippen LogP) is 4.30. The molecule has 152 valence electrons. The number of carbonyl (C=O) groups is 1. The van der Waals surface area contributed by atoms with Gasteiger partial charge in [0.05, 0.1) is 30.0 Å². The lowest BCUT2D eigenvalue weighted by atomic mass is 10.0. The minimum absolute atomic E-state index is 0.0887. The Labute approximate surface area is 174 Å². The van der Waals surface area contributed by atoms with E-state index in [1.807, 2.05) is 24.3 Å². The minimum Gasteiger partial charge on any atom is -0.496 e. The highest BCUT2D eigenvalue weighted by Crippen LogP contribution is 2.33. The molecule has 0 saturated carbocycles. The van der Waals surface area contributed by atoms with Crippen molar-refractivity contribution in [3.05, 3.63) is 60.2 Å². The zero-order valence-corrected chi connectivity index (χ0v) is 16.8. The Balaban J connectivity index is 1.52. The minimum atomic E-state index is -0.171. The Morgan fingerprint density at radius 3 is 2.87 bits per heavy atom. The van der Waals surface area contributed by atoms with Crippen molar-refractivity contribution < 1.29 is 14.3 Å². The lowest BCUT2D eigenvalue weighted by molar-refractivity contribution is 0.0855. The molecule has 1 aromatic heterocycles. The maximum atomic E-state index is 12.9. The van der Waals surface area contributed by atoms with Crippen molar-refractivity contribution in [2.24, 2.45) is 0 Å². The fraction of sp³-hybridized carbons (Fsp3) is 0.250. The third-order valence-electron chi connectivity index (χ3n) is 5.66. The standard InChI is InChI=1S/C24H23N3O3/c1-29-22-13-21-19(12-20(22)24(28)25-14-18-7-4-10-30-18)23(27-26-21)17-9-8-15-5-2-3-6-16(15)11-17/h2-3,5-6,8-9,11-13,18H,4,7,10,14H2,1H3,(H,25,28)(H,26,27). The highest BCUT2D eigenvalue weighted by atomic mass is 16.5. The van der Waals surface area contributed by atoms with Gasteiger partial charge in [-0.1, -0.05) is 36.4 Å². The molecule has 1 fully saturated rings.